The van der Waals surface area contributed by atoms with Crippen LogP contribution in [0.3, 0.4) is 0 Å². The maximum absolute atomic E-state index is 13.1. The molecule has 1 amide bonds. The molecule has 6 nitrogen and oxygen atoms in total. The second kappa shape index (κ2) is 9.24. The van der Waals surface area contributed by atoms with Gasteiger partial charge in [0.2, 0.25) is 0 Å². The van der Waals surface area contributed by atoms with Gasteiger partial charge in [-0.2, -0.15) is 0 Å². The molecule has 1 aromatic heterocycles. The Labute approximate surface area is 187 Å². The van der Waals surface area contributed by atoms with E-state index in [2.05, 4.69) is 27.3 Å². The number of amides is 1. The number of para-hydroxylation sites is 2. The topological polar surface area (TPSA) is 70.2 Å². The van der Waals surface area contributed by atoms with E-state index in [4.69, 9.17) is 9.72 Å². The van der Waals surface area contributed by atoms with Crippen molar-refractivity contribution >= 4 is 22.6 Å². The first kappa shape index (κ1) is 20.3. The Bertz CT molecular complexity index is 1150. The Hall–Kier alpha value is -3.64. The molecule has 2 N–H and O–H groups in total. The Morgan fingerprint density at radius 3 is 2.44 bits per heavy atom. The molecule has 1 aliphatic rings. The van der Waals surface area contributed by atoms with Crippen molar-refractivity contribution in [2.24, 2.45) is 0 Å². The standard InChI is InChI=1S/C26H26N4O2/c31-26(20-10-12-21(13-11-20)30-14-16-32-17-15-30)29-24(18-19-6-2-1-3-7-19)25-27-22-8-4-5-9-23(22)28-25/h1-13,24H,14-18H2,(H,27,28)(H,29,31)/t24-/m0/s1. The maximum Gasteiger partial charge on any atom is 0.251 e. The number of H-pyrrole nitrogens is 1. The van der Waals surface area contributed by atoms with E-state index in [1.165, 1.54) is 0 Å². The molecule has 5 rings (SSSR count). The van der Waals surface area contributed by atoms with E-state index >= 15 is 0 Å². The van der Waals surface area contributed by atoms with E-state index in [0.29, 0.717) is 12.0 Å². The largest absolute Gasteiger partial charge is 0.378 e. The lowest BCUT2D eigenvalue weighted by Crippen LogP contribution is -2.36. The van der Waals surface area contributed by atoms with Gasteiger partial charge in [-0.05, 0) is 48.4 Å². The molecule has 0 bridgehead atoms. The van der Waals surface area contributed by atoms with Gasteiger partial charge in [-0.25, -0.2) is 4.98 Å². The van der Waals surface area contributed by atoms with E-state index in [1.807, 2.05) is 66.7 Å². The van der Waals surface area contributed by atoms with E-state index in [1.54, 1.807) is 0 Å². The number of nitrogens with zero attached hydrogens (tertiary/aromatic N) is 2. The molecular weight excluding hydrogens is 400 g/mol. The van der Waals surface area contributed by atoms with E-state index < -0.39 is 0 Å². The van der Waals surface area contributed by atoms with Crippen LogP contribution in [0.1, 0.15) is 27.8 Å². The zero-order chi connectivity index (χ0) is 21.8. The SMILES string of the molecule is O=C(N[C@@H](Cc1ccccc1)c1nc2ccccc2[nH]1)c1ccc(N2CCOCC2)cc1. The smallest absolute Gasteiger partial charge is 0.251 e. The fourth-order valence-corrected chi connectivity index (χ4v) is 4.09. The molecule has 0 saturated carbocycles. The van der Waals surface area contributed by atoms with Crippen molar-refractivity contribution in [2.45, 2.75) is 12.5 Å². The zero-order valence-corrected chi connectivity index (χ0v) is 17.8. The zero-order valence-electron chi connectivity index (χ0n) is 17.8. The molecule has 1 aliphatic heterocycles. The Kier molecular flexibility index (Phi) is 5.85. The van der Waals surface area contributed by atoms with Crippen molar-refractivity contribution in [1.29, 1.82) is 0 Å². The highest BCUT2D eigenvalue weighted by atomic mass is 16.5. The molecule has 6 heteroatoms. The first-order valence-electron chi connectivity index (χ1n) is 11.0. The summed E-state index contributed by atoms with van der Waals surface area (Å²) in [6.45, 7) is 3.22. The Balaban J connectivity index is 1.37. The number of imidazole rings is 1. The molecule has 32 heavy (non-hydrogen) atoms. The number of carbonyl (C=O) groups is 1. The van der Waals surface area contributed by atoms with Gasteiger partial charge in [0.25, 0.3) is 5.91 Å². The van der Waals surface area contributed by atoms with E-state index in [9.17, 15) is 4.79 Å². The monoisotopic (exact) mass is 426 g/mol. The van der Waals surface area contributed by atoms with Gasteiger partial charge < -0.3 is 19.9 Å². The summed E-state index contributed by atoms with van der Waals surface area (Å²) in [5.74, 6) is 0.647. The molecule has 162 valence electrons. The number of morpholine rings is 1. The lowest BCUT2D eigenvalue weighted by molar-refractivity contribution is 0.0935. The molecule has 1 fully saturated rings. The summed E-state index contributed by atoms with van der Waals surface area (Å²) >= 11 is 0. The first-order chi connectivity index (χ1) is 15.8. The summed E-state index contributed by atoms with van der Waals surface area (Å²) in [5, 5.41) is 3.19. The second-order valence-electron chi connectivity index (χ2n) is 8.00. The second-order valence-corrected chi connectivity index (χ2v) is 8.00. The van der Waals surface area contributed by atoms with Crippen LogP contribution in [-0.4, -0.2) is 42.2 Å². The molecule has 2 heterocycles. The Morgan fingerprint density at radius 1 is 0.969 bits per heavy atom. The summed E-state index contributed by atoms with van der Waals surface area (Å²) in [6.07, 6.45) is 0.651. The lowest BCUT2D eigenvalue weighted by atomic mass is 10.0. The molecule has 0 aliphatic carbocycles. The van der Waals surface area contributed by atoms with Crippen LogP contribution in [0.4, 0.5) is 5.69 Å². The van der Waals surface area contributed by atoms with Crippen LogP contribution in [0.25, 0.3) is 11.0 Å². The molecule has 3 aromatic carbocycles. The third-order valence-electron chi connectivity index (χ3n) is 5.83. The normalized spacial score (nSPS) is 14.9. The molecule has 1 saturated heterocycles. The number of hydrogen-bond acceptors (Lipinski definition) is 4. The average molecular weight is 427 g/mol. The van der Waals surface area contributed by atoms with Gasteiger partial charge in [0.1, 0.15) is 5.82 Å². The molecule has 0 spiro atoms. The number of anilines is 1. The van der Waals surface area contributed by atoms with Crippen LogP contribution in [0, 0.1) is 0 Å². The molecule has 0 radical (unpaired) electrons. The highest BCUT2D eigenvalue weighted by Gasteiger charge is 2.20. The van der Waals surface area contributed by atoms with Gasteiger partial charge in [0.05, 0.1) is 30.3 Å². The van der Waals surface area contributed by atoms with Crippen LogP contribution in [-0.2, 0) is 11.2 Å². The fraction of sp³-hybridized carbons (Fsp3) is 0.231. The van der Waals surface area contributed by atoms with Crippen molar-refractivity contribution in [3.63, 3.8) is 0 Å². The Morgan fingerprint density at radius 2 is 1.69 bits per heavy atom. The van der Waals surface area contributed by atoms with Gasteiger partial charge >= 0.3 is 0 Å². The number of hydrogen-bond donors (Lipinski definition) is 2. The van der Waals surface area contributed by atoms with Crippen molar-refractivity contribution in [3.05, 3.63) is 95.8 Å². The van der Waals surface area contributed by atoms with Gasteiger partial charge in [-0.1, -0.05) is 42.5 Å². The van der Waals surface area contributed by atoms with Gasteiger partial charge in [0.15, 0.2) is 0 Å². The van der Waals surface area contributed by atoms with E-state index in [-0.39, 0.29) is 11.9 Å². The summed E-state index contributed by atoms with van der Waals surface area (Å²) < 4.78 is 5.42. The molecule has 1 atom stereocenters. The number of ether oxygens (including phenoxy) is 1. The van der Waals surface area contributed by atoms with Crippen LogP contribution < -0.4 is 10.2 Å². The minimum atomic E-state index is -0.267. The quantitative estimate of drug-likeness (QED) is 0.487. The molecular formula is C26H26N4O2. The highest BCUT2D eigenvalue weighted by Crippen LogP contribution is 2.21. The van der Waals surface area contributed by atoms with Gasteiger partial charge in [-0.3, -0.25) is 4.79 Å². The van der Waals surface area contributed by atoms with Crippen LogP contribution in [0.5, 0.6) is 0 Å². The van der Waals surface area contributed by atoms with Crippen molar-refractivity contribution < 1.29 is 9.53 Å². The third-order valence-corrected chi connectivity index (χ3v) is 5.83. The predicted octanol–water partition coefficient (Wildman–Crippen LogP) is 4.11. The number of rotatable bonds is 6. The van der Waals surface area contributed by atoms with Crippen molar-refractivity contribution in [1.82, 2.24) is 15.3 Å². The van der Waals surface area contributed by atoms with Crippen LogP contribution in [0.15, 0.2) is 78.9 Å². The van der Waals surface area contributed by atoms with Gasteiger partial charge in [-0.15, -0.1) is 0 Å². The average Bonchev–Trinajstić information content (AvgIpc) is 3.29. The van der Waals surface area contributed by atoms with Crippen molar-refractivity contribution in [2.75, 3.05) is 31.2 Å². The minimum absolute atomic E-state index is 0.111. The molecule has 4 aromatic rings. The van der Waals surface area contributed by atoms with Crippen LogP contribution >= 0.6 is 0 Å². The maximum atomic E-state index is 13.1. The predicted molar refractivity (Wildman–Crippen MR) is 126 cm³/mol. The lowest BCUT2D eigenvalue weighted by Gasteiger charge is -2.28. The number of fused-ring (bicyclic) bond motifs is 1. The number of carbonyl (C=O) groups excluding carboxylic acids is 1. The minimum Gasteiger partial charge on any atom is -0.378 e. The fourth-order valence-electron chi connectivity index (χ4n) is 4.09. The number of benzene rings is 3. The summed E-state index contributed by atoms with van der Waals surface area (Å²) in [5.41, 5.74) is 4.74. The number of nitrogens with one attached hydrogen (secondary N) is 2. The summed E-state index contributed by atoms with van der Waals surface area (Å²) in [6, 6.07) is 25.6. The van der Waals surface area contributed by atoms with Crippen LogP contribution in [0.2, 0.25) is 0 Å². The summed E-state index contributed by atoms with van der Waals surface area (Å²) in [7, 11) is 0. The summed E-state index contributed by atoms with van der Waals surface area (Å²) in [4.78, 5) is 23.5. The molecule has 0 unspecified atom stereocenters. The van der Waals surface area contributed by atoms with E-state index in [0.717, 1.165) is 54.4 Å². The van der Waals surface area contributed by atoms with Crippen molar-refractivity contribution in [3.8, 4) is 0 Å². The first-order valence-corrected chi connectivity index (χ1v) is 11.0. The third kappa shape index (κ3) is 4.50. The van der Waals surface area contributed by atoms with Gasteiger partial charge in [0, 0.05) is 24.3 Å². The highest BCUT2D eigenvalue weighted by molar-refractivity contribution is 5.94. The number of aromatic amines is 1. The number of aromatic nitrogens is 2.